The number of aliphatic hydroxyl groups excluding tert-OH is 1. The van der Waals surface area contributed by atoms with E-state index in [-0.39, 0.29) is 11.5 Å². The average molecular weight is 246 g/mol. The molecule has 0 saturated heterocycles. The van der Waals surface area contributed by atoms with Gasteiger partial charge in [0, 0.05) is 0 Å². The highest BCUT2D eigenvalue weighted by molar-refractivity contribution is 5.25. The molecular formula is C17H26O. The number of benzene rings is 1. The summed E-state index contributed by atoms with van der Waals surface area (Å²) in [6, 6.07) is 8.59. The molecule has 0 bridgehead atoms. The maximum absolute atomic E-state index is 10.6. The summed E-state index contributed by atoms with van der Waals surface area (Å²) in [6.07, 6.45) is 8.19. The summed E-state index contributed by atoms with van der Waals surface area (Å²) in [4.78, 5) is 0. The molecule has 1 saturated carbocycles. The third kappa shape index (κ3) is 2.95. The molecule has 1 aliphatic carbocycles. The first-order chi connectivity index (χ1) is 8.65. The van der Waals surface area contributed by atoms with Gasteiger partial charge in [-0.3, -0.25) is 0 Å². The van der Waals surface area contributed by atoms with E-state index in [0.29, 0.717) is 0 Å². The molecule has 0 heterocycles. The van der Waals surface area contributed by atoms with Crippen molar-refractivity contribution in [1.82, 2.24) is 0 Å². The molecule has 1 nitrogen and oxygen atoms in total. The van der Waals surface area contributed by atoms with Crippen molar-refractivity contribution in [2.45, 2.75) is 64.9 Å². The van der Waals surface area contributed by atoms with Gasteiger partial charge in [0.25, 0.3) is 0 Å². The van der Waals surface area contributed by atoms with Crippen LogP contribution in [0.1, 0.15) is 69.6 Å². The first kappa shape index (κ1) is 13.6. The fraction of sp³-hybridized carbons (Fsp3) is 0.647. The average Bonchev–Trinajstić information content (AvgIpc) is 2.40. The fourth-order valence-electron chi connectivity index (χ4n) is 3.19. The van der Waals surface area contributed by atoms with E-state index in [1.807, 2.05) is 0 Å². The Balaban J connectivity index is 2.09. The Morgan fingerprint density at radius 3 is 2.28 bits per heavy atom. The second-order valence-corrected chi connectivity index (χ2v) is 6.11. The quantitative estimate of drug-likeness (QED) is 0.820. The van der Waals surface area contributed by atoms with Crippen LogP contribution in [-0.4, -0.2) is 5.11 Å². The zero-order valence-electron chi connectivity index (χ0n) is 11.8. The van der Waals surface area contributed by atoms with Crippen LogP contribution in [0, 0.1) is 5.41 Å². The highest BCUT2D eigenvalue weighted by atomic mass is 16.3. The van der Waals surface area contributed by atoms with E-state index >= 15 is 0 Å². The summed E-state index contributed by atoms with van der Waals surface area (Å²) in [7, 11) is 0. The molecule has 0 spiro atoms. The standard InChI is InChI=1S/C17H26O/c1-3-7-14-8-10-15(11-9-14)16(18)17(2)12-5-4-6-13-17/h8-11,16,18H,3-7,12-13H2,1-2H3. The minimum absolute atomic E-state index is 0.0878. The Hall–Kier alpha value is -0.820. The van der Waals surface area contributed by atoms with Crippen molar-refractivity contribution >= 4 is 0 Å². The summed E-state index contributed by atoms with van der Waals surface area (Å²) in [6.45, 7) is 4.45. The highest BCUT2D eigenvalue weighted by Gasteiger charge is 2.35. The summed E-state index contributed by atoms with van der Waals surface area (Å²) in [5.74, 6) is 0. The van der Waals surface area contributed by atoms with Crippen LogP contribution in [0.25, 0.3) is 0 Å². The maximum Gasteiger partial charge on any atom is 0.0843 e. The number of aryl methyl sites for hydroxylation is 1. The first-order valence-electron chi connectivity index (χ1n) is 7.42. The number of hydrogen-bond donors (Lipinski definition) is 1. The molecule has 1 atom stereocenters. The molecule has 0 radical (unpaired) electrons. The van der Waals surface area contributed by atoms with Gasteiger partial charge in [0.2, 0.25) is 0 Å². The lowest BCUT2D eigenvalue weighted by atomic mass is 9.70. The minimum atomic E-state index is -0.298. The van der Waals surface area contributed by atoms with Crippen molar-refractivity contribution in [2.24, 2.45) is 5.41 Å². The molecule has 100 valence electrons. The molecule has 2 rings (SSSR count). The molecule has 1 aliphatic rings. The number of hydrogen-bond acceptors (Lipinski definition) is 1. The van der Waals surface area contributed by atoms with Crippen LogP contribution in [0.2, 0.25) is 0 Å². The molecule has 18 heavy (non-hydrogen) atoms. The molecule has 1 aromatic carbocycles. The van der Waals surface area contributed by atoms with Crippen molar-refractivity contribution in [1.29, 1.82) is 0 Å². The minimum Gasteiger partial charge on any atom is -0.388 e. The lowest BCUT2D eigenvalue weighted by molar-refractivity contribution is 0.00818. The molecule has 0 aromatic heterocycles. The van der Waals surface area contributed by atoms with Gasteiger partial charge in [0.1, 0.15) is 0 Å². The van der Waals surface area contributed by atoms with E-state index in [2.05, 4.69) is 38.1 Å². The second kappa shape index (κ2) is 5.88. The van der Waals surface area contributed by atoms with E-state index < -0.39 is 0 Å². The molecule has 0 aliphatic heterocycles. The maximum atomic E-state index is 10.6. The largest absolute Gasteiger partial charge is 0.388 e. The molecule has 1 N–H and O–H groups in total. The van der Waals surface area contributed by atoms with Crippen molar-refractivity contribution < 1.29 is 5.11 Å². The van der Waals surface area contributed by atoms with E-state index in [9.17, 15) is 5.11 Å². The Morgan fingerprint density at radius 1 is 1.11 bits per heavy atom. The lowest BCUT2D eigenvalue weighted by Crippen LogP contribution is -2.28. The predicted molar refractivity (Wildman–Crippen MR) is 76.6 cm³/mol. The smallest absolute Gasteiger partial charge is 0.0843 e. The van der Waals surface area contributed by atoms with Crippen molar-refractivity contribution in [3.05, 3.63) is 35.4 Å². The van der Waals surface area contributed by atoms with Gasteiger partial charge >= 0.3 is 0 Å². The van der Waals surface area contributed by atoms with Crippen molar-refractivity contribution in [3.63, 3.8) is 0 Å². The van der Waals surface area contributed by atoms with Crippen LogP contribution >= 0.6 is 0 Å². The fourth-order valence-corrected chi connectivity index (χ4v) is 3.19. The Labute approximate surface area is 111 Å². The molecule has 1 aromatic rings. The third-order valence-electron chi connectivity index (χ3n) is 4.49. The van der Waals surface area contributed by atoms with E-state index in [1.165, 1.54) is 31.2 Å². The van der Waals surface area contributed by atoms with Crippen LogP contribution in [0.15, 0.2) is 24.3 Å². The summed E-state index contributed by atoms with van der Waals surface area (Å²) >= 11 is 0. The molecular weight excluding hydrogens is 220 g/mol. The summed E-state index contributed by atoms with van der Waals surface area (Å²) in [5, 5.41) is 10.6. The van der Waals surface area contributed by atoms with Crippen LogP contribution in [0.4, 0.5) is 0 Å². The second-order valence-electron chi connectivity index (χ2n) is 6.11. The predicted octanol–water partition coefficient (Wildman–Crippen LogP) is 4.64. The lowest BCUT2D eigenvalue weighted by Gasteiger charge is -2.38. The van der Waals surface area contributed by atoms with Gasteiger partial charge in [-0.05, 0) is 35.8 Å². The normalized spacial score (nSPS) is 20.6. The Bertz CT molecular complexity index is 360. The summed E-state index contributed by atoms with van der Waals surface area (Å²) in [5.41, 5.74) is 2.56. The van der Waals surface area contributed by atoms with E-state index in [1.54, 1.807) is 0 Å². The van der Waals surface area contributed by atoms with Crippen LogP contribution in [-0.2, 0) is 6.42 Å². The van der Waals surface area contributed by atoms with Gasteiger partial charge in [-0.2, -0.15) is 0 Å². The van der Waals surface area contributed by atoms with Gasteiger partial charge in [-0.1, -0.05) is 63.8 Å². The molecule has 1 heteroatoms. The van der Waals surface area contributed by atoms with Gasteiger partial charge in [-0.15, -0.1) is 0 Å². The Morgan fingerprint density at radius 2 is 1.72 bits per heavy atom. The zero-order chi connectivity index (χ0) is 13.0. The number of aliphatic hydroxyl groups is 1. The Kier molecular flexibility index (Phi) is 4.45. The van der Waals surface area contributed by atoms with Crippen LogP contribution in [0.3, 0.4) is 0 Å². The van der Waals surface area contributed by atoms with E-state index in [4.69, 9.17) is 0 Å². The third-order valence-corrected chi connectivity index (χ3v) is 4.49. The molecule has 1 fully saturated rings. The summed E-state index contributed by atoms with van der Waals surface area (Å²) < 4.78 is 0. The first-order valence-corrected chi connectivity index (χ1v) is 7.42. The SMILES string of the molecule is CCCc1ccc(C(O)C2(C)CCCCC2)cc1. The van der Waals surface area contributed by atoms with Crippen LogP contribution in [0.5, 0.6) is 0 Å². The van der Waals surface area contributed by atoms with Gasteiger partial charge in [0.05, 0.1) is 6.10 Å². The van der Waals surface area contributed by atoms with Gasteiger partial charge in [-0.25, -0.2) is 0 Å². The zero-order valence-corrected chi connectivity index (χ0v) is 11.8. The molecule has 1 unspecified atom stereocenters. The van der Waals surface area contributed by atoms with Crippen molar-refractivity contribution in [2.75, 3.05) is 0 Å². The number of rotatable bonds is 4. The highest BCUT2D eigenvalue weighted by Crippen LogP contribution is 2.45. The van der Waals surface area contributed by atoms with E-state index in [0.717, 1.165) is 24.8 Å². The van der Waals surface area contributed by atoms with Crippen LogP contribution < -0.4 is 0 Å². The molecule has 0 amide bonds. The monoisotopic (exact) mass is 246 g/mol. The van der Waals surface area contributed by atoms with Gasteiger partial charge in [0.15, 0.2) is 0 Å². The topological polar surface area (TPSA) is 20.2 Å². The van der Waals surface area contributed by atoms with Gasteiger partial charge < -0.3 is 5.11 Å². The van der Waals surface area contributed by atoms with Crippen molar-refractivity contribution in [3.8, 4) is 0 Å².